The predicted molar refractivity (Wildman–Crippen MR) is 62.3 cm³/mol. The summed E-state index contributed by atoms with van der Waals surface area (Å²) in [6.45, 7) is 0. The Labute approximate surface area is 104 Å². The second-order valence-electron chi connectivity index (χ2n) is 4.51. The Kier molecular flexibility index (Phi) is 3.81. The van der Waals surface area contributed by atoms with E-state index in [9.17, 15) is 14.3 Å². The molecular weight excluding hydrogens is 239 g/mol. The van der Waals surface area contributed by atoms with Crippen molar-refractivity contribution in [1.29, 1.82) is 0 Å². The average Bonchev–Trinajstić information content (AvgIpc) is 2.31. The lowest BCUT2D eigenvalue weighted by Crippen LogP contribution is -2.28. The van der Waals surface area contributed by atoms with Gasteiger partial charge >= 0.3 is 5.97 Å². The van der Waals surface area contributed by atoms with Crippen LogP contribution in [0.5, 0.6) is 5.75 Å². The van der Waals surface area contributed by atoms with Crippen molar-refractivity contribution in [2.75, 3.05) is 0 Å². The molecule has 1 saturated carbocycles. The number of hydrogen-bond acceptors (Lipinski definition) is 3. The third-order valence-electron chi connectivity index (χ3n) is 3.07. The highest BCUT2D eigenvalue weighted by Crippen LogP contribution is 2.26. The van der Waals surface area contributed by atoms with E-state index in [1.807, 2.05) is 0 Å². The molecule has 1 aliphatic carbocycles. The molecule has 4 nitrogen and oxygen atoms in total. The Hall–Kier alpha value is -1.62. The molecule has 0 saturated heterocycles. The third kappa shape index (κ3) is 2.98. The van der Waals surface area contributed by atoms with E-state index in [1.54, 1.807) is 0 Å². The second-order valence-corrected chi connectivity index (χ2v) is 4.51. The van der Waals surface area contributed by atoms with E-state index in [0.29, 0.717) is 6.42 Å². The summed E-state index contributed by atoms with van der Waals surface area (Å²) in [5.41, 5.74) is -0.108. The zero-order valence-electron chi connectivity index (χ0n) is 9.80. The minimum Gasteiger partial charge on any atom is -0.487 e. The van der Waals surface area contributed by atoms with Gasteiger partial charge in [0, 0.05) is 6.42 Å². The minimum absolute atomic E-state index is 0.0408. The molecule has 1 aromatic carbocycles. The Bertz CT molecular complexity index is 447. The lowest BCUT2D eigenvalue weighted by Gasteiger charge is -2.26. The number of carboxylic acid groups (broad SMARTS) is 1. The highest BCUT2D eigenvalue weighted by Gasteiger charge is 2.22. The monoisotopic (exact) mass is 254 g/mol. The predicted octanol–water partition coefficient (Wildman–Crippen LogP) is 2.21. The summed E-state index contributed by atoms with van der Waals surface area (Å²) in [5, 5.41) is 18.2. The maximum absolute atomic E-state index is 13.6. The van der Waals surface area contributed by atoms with E-state index in [0.717, 1.165) is 25.3 Å². The van der Waals surface area contributed by atoms with Crippen molar-refractivity contribution < 1.29 is 24.1 Å². The Morgan fingerprint density at radius 2 is 2.17 bits per heavy atom. The fourth-order valence-electron chi connectivity index (χ4n) is 2.14. The van der Waals surface area contributed by atoms with Crippen molar-refractivity contribution in [3.63, 3.8) is 0 Å². The number of hydrogen-bond donors (Lipinski definition) is 2. The Morgan fingerprint density at radius 3 is 2.78 bits per heavy atom. The van der Waals surface area contributed by atoms with Gasteiger partial charge in [-0.25, -0.2) is 9.18 Å². The lowest BCUT2D eigenvalue weighted by molar-refractivity contribution is 0.0516. The molecule has 98 valence electrons. The number of ether oxygens (including phenoxy) is 1. The minimum atomic E-state index is -1.17. The molecule has 0 heterocycles. The van der Waals surface area contributed by atoms with Crippen LogP contribution in [0.3, 0.4) is 0 Å². The fraction of sp³-hybridized carbons (Fsp3) is 0.462. The highest BCUT2D eigenvalue weighted by atomic mass is 19.1. The van der Waals surface area contributed by atoms with Crippen LogP contribution < -0.4 is 4.74 Å². The van der Waals surface area contributed by atoms with Gasteiger partial charge in [-0.15, -0.1) is 0 Å². The number of rotatable bonds is 3. The van der Waals surface area contributed by atoms with Gasteiger partial charge in [0.05, 0.1) is 11.7 Å². The van der Waals surface area contributed by atoms with Gasteiger partial charge in [-0.05, 0) is 37.5 Å². The lowest BCUT2D eigenvalue weighted by atomic mass is 9.95. The number of halogens is 1. The molecule has 0 aromatic heterocycles. The number of carbonyl (C=O) groups is 1. The van der Waals surface area contributed by atoms with Gasteiger partial charge in [-0.3, -0.25) is 0 Å². The first-order valence-electron chi connectivity index (χ1n) is 5.94. The summed E-state index contributed by atoms with van der Waals surface area (Å²) >= 11 is 0. The van der Waals surface area contributed by atoms with Crippen LogP contribution in [0.2, 0.25) is 0 Å². The van der Waals surface area contributed by atoms with Gasteiger partial charge in [-0.1, -0.05) is 0 Å². The average molecular weight is 254 g/mol. The summed E-state index contributed by atoms with van der Waals surface area (Å²) in [6, 6.07) is 3.57. The van der Waals surface area contributed by atoms with E-state index < -0.39 is 17.9 Å². The second kappa shape index (κ2) is 5.35. The van der Waals surface area contributed by atoms with Crippen LogP contribution in [0, 0.1) is 5.82 Å². The van der Waals surface area contributed by atoms with E-state index >= 15 is 0 Å². The zero-order valence-corrected chi connectivity index (χ0v) is 9.80. The first kappa shape index (κ1) is 12.8. The molecule has 1 aliphatic rings. The van der Waals surface area contributed by atoms with Gasteiger partial charge in [0.25, 0.3) is 0 Å². The number of carboxylic acids is 1. The molecule has 5 heteroatoms. The standard InChI is InChI=1S/C13H15FO4/c14-11-6-8(13(16)17)4-5-12(11)18-10-3-1-2-9(15)7-10/h4-6,9-10,15H,1-3,7H2,(H,16,17). The normalized spacial score (nSPS) is 23.7. The summed E-state index contributed by atoms with van der Waals surface area (Å²) in [5.74, 6) is -1.82. The molecular formula is C13H15FO4. The van der Waals surface area contributed by atoms with Crippen LogP contribution in [0.15, 0.2) is 18.2 Å². The van der Waals surface area contributed by atoms with Crippen LogP contribution >= 0.6 is 0 Å². The molecule has 2 N–H and O–H groups in total. The molecule has 1 aromatic rings. The van der Waals surface area contributed by atoms with Crippen LogP contribution in [-0.2, 0) is 0 Å². The van der Waals surface area contributed by atoms with Crippen molar-refractivity contribution in [2.45, 2.75) is 37.9 Å². The van der Waals surface area contributed by atoms with Crippen LogP contribution in [0.4, 0.5) is 4.39 Å². The van der Waals surface area contributed by atoms with E-state index in [2.05, 4.69) is 0 Å². The fourth-order valence-corrected chi connectivity index (χ4v) is 2.14. The van der Waals surface area contributed by atoms with Crippen molar-refractivity contribution in [3.05, 3.63) is 29.6 Å². The number of aliphatic hydroxyl groups is 1. The summed E-state index contributed by atoms with van der Waals surface area (Å²) in [6.07, 6.45) is 2.25. The number of benzene rings is 1. The van der Waals surface area contributed by atoms with E-state index in [-0.39, 0.29) is 17.4 Å². The Morgan fingerprint density at radius 1 is 1.39 bits per heavy atom. The number of aliphatic hydroxyl groups excluding tert-OH is 1. The quantitative estimate of drug-likeness (QED) is 0.867. The molecule has 0 amide bonds. The molecule has 18 heavy (non-hydrogen) atoms. The van der Waals surface area contributed by atoms with Gasteiger partial charge in [0.2, 0.25) is 0 Å². The molecule has 0 radical (unpaired) electrons. The van der Waals surface area contributed by atoms with Gasteiger partial charge in [-0.2, -0.15) is 0 Å². The van der Waals surface area contributed by atoms with Crippen molar-refractivity contribution in [1.82, 2.24) is 0 Å². The van der Waals surface area contributed by atoms with Gasteiger partial charge < -0.3 is 14.9 Å². The SMILES string of the molecule is O=C(O)c1ccc(OC2CCCC(O)C2)c(F)c1. The van der Waals surface area contributed by atoms with E-state index in [4.69, 9.17) is 9.84 Å². The largest absolute Gasteiger partial charge is 0.487 e. The van der Waals surface area contributed by atoms with Crippen LogP contribution in [-0.4, -0.2) is 28.4 Å². The van der Waals surface area contributed by atoms with E-state index in [1.165, 1.54) is 12.1 Å². The topological polar surface area (TPSA) is 66.8 Å². The number of aromatic carboxylic acids is 1. The molecule has 0 spiro atoms. The van der Waals surface area contributed by atoms with Crippen molar-refractivity contribution >= 4 is 5.97 Å². The van der Waals surface area contributed by atoms with Gasteiger partial charge in [0.15, 0.2) is 11.6 Å². The van der Waals surface area contributed by atoms with Crippen molar-refractivity contribution in [3.8, 4) is 5.75 Å². The summed E-state index contributed by atoms with van der Waals surface area (Å²) < 4.78 is 19.1. The highest BCUT2D eigenvalue weighted by molar-refractivity contribution is 5.87. The molecule has 0 aliphatic heterocycles. The molecule has 2 rings (SSSR count). The smallest absolute Gasteiger partial charge is 0.335 e. The Balaban J connectivity index is 2.07. The third-order valence-corrected chi connectivity index (χ3v) is 3.07. The summed E-state index contributed by atoms with van der Waals surface area (Å²) in [4.78, 5) is 10.7. The molecule has 1 fully saturated rings. The summed E-state index contributed by atoms with van der Waals surface area (Å²) in [7, 11) is 0. The molecule has 2 atom stereocenters. The van der Waals surface area contributed by atoms with Gasteiger partial charge in [0.1, 0.15) is 6.10 Å². The van der Waals surface area contributed by atoms with Crippen LogP contribution in [0.1, 0.15) is 36.0 Å². The van der Waals surface area contributed by atoms with Crippen molar-refractivity contribution in [2.24, 2.45) is 0 Å². The maximum Gasteiger partial charge on any atom is 0.335 e. The molecule has 0 bridgehead atoms. The zero-order chi connectivity index (χ0) is 13.1. The first-order chi connectivity index (χ1) is 8.56. The maximum atomic E-state index is 13.6. The molecule has 2 unspecified atom stereocenters. The first-order valence-corrected chi connectivity index (χ1v) is 5.94. The van der Waals surface area contributed by atoms with Crippen LogP contribution in [0.25, 0.3) is 0 Å².